The molecule has 0 saturated heterocycles. The molecule has 0 unspecified atom stereocenters. The van der Waals surface area contributed by atoms with E-state index in [4.69, 9.17) is 14.2 Å². The van der Waals surface area contributed by atoms with Crippen molar-refractivity contribution in [2.75, 3.05) is 19.8 Å². The molecule has 2 aromatic carbocycles. The van der Waals surface area contributed by atoms with Crippen molar-refractivity contribution < 1.29 is 23.8 Å². The van der Waals surface area contributed by atoms with Gasteiger partial charge in [0.1, 0.15) is 17.1 Å². The van der Waals surface area contributed by atoms with Crippen molar-refractivity contribution in [1.82, 2.24) is 0 Å². The lowest BCUT2D eigenvalue weighted by molar-refractivity contribution is 0.0522. The van der Waals surface area contributed by atoms with Gasteiger partial charge in [-0.2, -0.15) is 0 Å². The standard InChI is InChI=1S/C22H26O5/c1-5-25-20-12-15(4)8-10-17(20)19(23)13-16-9-11-18(22(24)27-7-3)21(14-16)26-6-2/h8-12,14H,5-7,13H2,1-4H3. The van der Waals surface area contributed by atoms with Gasteiger partial charge in [-0.25, -0.2) is 4.79 Å². The van der Waals surface area contributed by atoms with Gasteiger partial charge >= 0.3 is 5.97 Å². The predicted molar refractivity (Wildman–Crippen MR) is 104 cm³/mol. The Bertz CT molecular complexity index is 810. The molecular weight excluding hydrogens is 344 g/mol. The smallest absolute Gasteiger partial charge is 0.341 e. The van der Waals surface area contributed by atoms with Crippen LogP contribution in [0.5, 0.6) is 11.5 Å². The molecule has 0 saturated carbocycles. The van der Waals surface area contributed by atoms with Gasteiger partial charge in [-0.05, 0) is 63.1 Å². The second-order valence-electron chi connectivity index (χ2n) is 6.02. The maximum atomic E-state index is 12.8. The topological polar surface area (TPSA) is 61.8 Å². The average Bonchev–Trinajstić information content (AvgIpc) is 2.62. The third kappa shape index (κ3) is 5.33. The fraction of sp³-hybridized carbons (Fsp3) is 0.364. The van der Waals surface area contributed by atoms with Crippen molar-refractivity contribution in [3.05, 3.63) is 58.7 Å². The predicted octanol–water partition coefficient (Wildman–Crippen LogP) is 4.39. The quantitative estimate of drug-likeness (QED) is 0.484. The Morgan fingerprint density at radius 3 is 2.07 bits per heavy atom. The molecule has 0 N–H and O–H groups in total. The zero-order chi connectivity index (χ0) is 19.8. The molecule has 0 bridgehead atoms. The molecule has 0 aromatic heterocycles. The average molecular weight is 370 g/mol. The number of aryl methyl sites for hydroxylation is 1. The lowest BCUT2D eigenvalue weighted by Gasteiger charge is -2.13. The first-order valence-electron chi connectivity index (χ1n) is 9.19. The van der Waals surface area contributed by atoms with Crippen LogP contribution in [-0.4, -0.2) is 31.6 Å². The summed E-state index contributed by atoms with van der Waals surface area (Å²) in [6.45, 7) is 8.63. The van der Waals surface area contributed by atoms with E-state index in [2.05, 4.69) is 0 Å². The summed E-state index contributed by atoms with van der Waals surface area (Å²) in [4.78, 5) is 24.9. The van der Waals surface area contributed by atoms with Crippen molar-refractivity contribution >= 4 is 11.8 Å². The van der Waals surface area contributed by atoms with E-state index in [-0.39, 0.29) is 18.8 Å². The number of Topliss-reactive ketones (excluding diaryl/α,β-unsaturated/α-hetero) is 1. The van der Waals surface area contributed by atoms with E-state index in [0.717, 1.165) is 11.1 Å². The highest BCUT2D eigenvalue weighted by Crippen LogP contribution is 2.25. The number of rotatable bonds is 9. The third-order valence-corrected chi connectivity index (χ3v) is 3.94. The van der Waals surface area contributed by atoms with Crippen LogP contribution in [-0.2, 0) is 11.2 Å². The normalized spacial score (nSPS) is 10.4. The number of esters is 1. The van der Waals surface area contributed by atoms with E-state index in [1.165, 1.54) is 0 Å². The maximum absolute atomic E-state index is 12.8. The fourth-order valence-corrected chi connectivity index (χ4v) is 2.74. The van der Waals surface area contributed by atoms with Crippen LogP contribution in [0.2, 0.25) is 0 Å². The van der Waals surface area contributed by atoms with Crippen molar-refractivity contribution in [1.29, 1.82) is 0 Å². The first-order valence-corrected chi connectivity index (χ1v) is 9.19. The SMILES string of the molecule is CCOC(=O)c1ccc(CC(=O)c2ccc(C)cc2OCC)cc1OCC. The van der Waals surface area contributed by atoms with Crippen molar-refractivity contribution in [3.8, 4) is 11.5 Å². The van der Waals surface area contributed by atoms with Gasteiger partial charge < -0.3 is 14.2 Å². The lowest BCUT2D eigenvalue weighted by Crippen LogP contribution is -2.10. The van der Waals surface area contributed by atoms with Gasteiger partial charge in [0.05, 0.1) is 25.4 Å². The summed E-state index contributed by atoms with van der Waals surface area (Å²) in [5.74, 6) is 0.534. The Kier molecular flexibility index (Phi) is 7.41. The summed E-state index contributed by atoms with van der Waals surface area (Å²) in [6.07, 6.45) is 0.187. The summed E-state index contributed by atoms with van der Waals surface area (Å²) in [7, 11) is 0. The number of carbonyl (C=O) groups is 2. The van der Waals surface area contributed by atoms with Gasteiger partial charge in [-0.3, -0.25) is 4.79 Å². The van der Waals surface area contributed by atoms with Crippen LogP contribution in [0.4, 0.5) is 0 Å². The molecule has 0 aliphatic heterocycles. The van der Waals surface area contributed by atoms with Crippen LogP contribution in [0.25, 0.3) is 0 Å². The number of hydrogen-bond donors (Lipinski definition) is 0. The molecule has 0 aliphatic rings. The molecule has 0 fully saturated rings. The molecule has 0 atom stereocenters. The molecule has 0 radical (unpaired) electrons. The number of hydrogen-bond acceptors (Lipinski definition) is 5. The zero-order valence-electron chi connectivity index (χ0n) is 16.3. The maximum Gasteiger partial charge on any atom is 0.341 e. The second-order valence-corrected chi connectivity index (χ2v) is 6.02. The minimum absolute atomic E-state index is 0.0511. The van der Waals surface area contributed by atoms with E-state index in [9.17, 15) is 9.59 Å². The molecule has 5 nitrogen and oxygen atoms in total. The molecule has 0 spiro atoms. The summed E-state index contributed by atoms with van der Waals surface area (Å²) >= 11 is 0. The van der Waals surface area contributed by atoms with Crippen molar-refractivity contribution in [2.24, 2.45) is 0 Å². The molecule has 0 aliphatic carbocycles. The summed E-state index contributed by atoms with van der Waals surface area (Å²) in [5, 5.41) is 0. The Morgan fingerprint density at radius 2 is 1.44 bits per heavy atom. The number of ketones is 1. The molecule has 2 rings (SSSR count). The van der Waals surface area contributed by atoms with Crippen LogP contribution in [0, 0.1) is 6.92 Å². The van der Waals surface area contributed by atoms with Gasteiger partial charge in [0, 0.05) is 6.42 Å². The second kappa shape index (κ2) is 9.76. The Balaban J connectivity index is 2.28. The van der Waals surface area contributed by atoms with E-state index < -0.39 is 5.97 Å². The van der Waals surface area contributed by atoms with E-state index in [1.54, 1.807) is 31.2 Å². The monoisotopic (exact) mass is 370 g/mol. The molecule has 144 valence electrons. The highest BCUT2D eigenvalue weighted by atomic mass is 16.5. The fourth-order valence-electron chi connectivity index (χ4n) is 2.74. The van der Waals surface area contributed by atoms with Gasteiger partial charge in [0.2, 0.25) is 0 Å². The summed E-state index contributed by atoms with van der Waals surface area (Å²) < 4.78 is 16.2. The van der Waals surface area contributed by atoms with E-state index >= 15 is 0 Å². The number of carbonyl (C=O) groups excluding carboxylic acids is 2. The minimum atomic E-state index is -0.434. The van der Waals surface area contributed by atoms with Gasteiger partial charge in [-0.15, -0.1) is 0 Å². The summed E-state index contributed by atoms with van der Waals surface area (Å²) in [5.41, 5.74) is 2.71. The van der Waals surface area contributed by atoms with Crippen LogP contribution in [0.1, 0.15) is 52.6 Å². The number of ether oxygens (including phenoxy) is 3. The third-order valence-electron chi connectivity index (χ3n) is 3.94. The van der Waals surface area contributed by atoms with E-state index in [1.807, 2.05) is 32.9 Å². The first-order chi connectivity index (χ1) is 13.0. The van der Waals surface area contributed by atoms with Crippen LogP contribution >= 0.6 is 0 Å². The largest absolute Gasteiger partial charge is 0.493 e. The van der Waals surface area contributed by atoms with Crippen LogP contribution < -0.4 is 9.47 Å². The van der Waals surface area contributed by atoms with Gasteiger partial charge in [0.25, 0.3) is 0 Å². The van der Waals surface area contributed by atoms with Crippen LogP contribution in [0.3, 0.4) is 0 Å². The first kappa shape index (κ1) is 20.5. The van der Waals surface area contributed by atoms with Gasteiger partial charge in [-0.1, -0.05) is 12.1 Å². The molecular formula is C22H26O5. The van der Waals surface area contributed by atoms with Crippen molar-refractivity contribution in [3.63, 3.8) is 0 Å². The molecule has 5 heteroatoms. The zero-order valence-corrected chi connectivity index (χ0v) is 16.3. The Hall–Kier alpha value is -2.82. The summed E-state index contributed by atoms with van der Waals surface area (Å²) in [6, 6.07) is 10.7. The molecule has 0 amide bonds. The molecule has 27 heavy (non-hydrogen) atoms. The van der Waals surface area contributed by atoms with Gasteiger partial charge in [0.15, 0.2) is 5.78 Å². The Labute approximate surface area is 160 Å². The minimum Gasteiger partial charge on any atom is -0.493 e. The molecule has 2 aromatic rings. The molecule has 0 heterocycles. The Morgan fingerprint density at radius 1 is 0.815 bits per heavy atom. The van der Waals surface area contributed by atoms with Crippen molar-refractivity contribution in [2.45, 2.75) is 34.1 Å². The number of benzene rings is 2. The highest BCUT2D eigenvalue weighted by molar-refractivity contribution is 6.00. The van der Waals surface area contributed by atoms with E-state index in [0.29, 0.717) is 35.8 Å². The lowest BCUT2D eigenvalue weighted by atomic mass is 9.99. The highest BCUT2D eigenvalue weighted by Gasteiger charge is 2.17. The van der Waals surface area contributed by atoms with Crippen LogP contribution in [0.15, 0.2) is 36.4 Å².